The molecule has 19 heavy (non-hydrogen) atoms. The lowest BCUT2D eigenvalue weighted by molar-refractivity contribution is -0.00230. The van der Waals surface area contributed by atoms with Crippen molar-refractivity contribution in [3.8, 4) is 0 Å². The molecular formula is C13H16N2O4. The van der Waals surface area contributed by atoms with E-state index in [0.29, 0.717) is 25.9 Å². The number of hydrogen-bond acceptors (Lipinski definition) is 4. The number of piperidine rings is 1. The number of likely N-dealkylation sites (tertiary alicyclic amines) is 1. The zero-order valence-electron chi connectivity index (χ0n) is 10.7. The Morgan fingerprint density at radius 1 is 1.37 bits per heavy atom. The van der Waals surface area contributed by atoms with Crippen molar-refractivity contribution in [1.29, 1.82) is 0 Å². The molecule has 1 aromatic rings. The van der Waals surface area contributed by atoms with Crippen LogP contribution in [0.25, 0.3) is 0 Å². The van der Waals surface area contributed by atoms with Crippen LogP contribution in [0.3, 0.4) is 0 Å². The van der Waals surface area contributed by atoms with Gasteiger partial charge in [0.05, 0.1) is 11.2 Å². The third kappa shape index (κ3) is 2.90. The van der Waals surface area contributed by atoms with Crippen LogP contribution < -0.4 is 0 Å². The molecule has 0 spiro atoms. The van der Waals surface area contributed by atoms with Crippen molar-refractivity contribution >= 4 is 11.9 Å². The smallest absolute Gasteiger partial charge is 0.338 e. The van der Waals surface area contributed by atoms with Crippen LogP contribution in [0.4, 0.5) is 0 Å². The van der Waals surface area contributed by atoms with Crippen LogP contribution in [0.15, 0.2) is 18.3 Å². The SMILES string of the molecule is CC1(O)CCN(C(=O)c2ncccc2C(=O)O)CC1. The molecule has 0 aromatic carbocycles. The molecule has 0 radical (unpaired) electrons. The number of aromatic carboxylic acids is 1. The molecule has 102 valence electrons. The fourth-order valence-electron chi connectivity index (χ4n) is 2.09. The normalized spacial score (nSPS) is 18.1. The molecule has 1 aromatic heterocycles. The number of carbonyl (C=O) groups excluding carboxylic acids is 1. The van der Waals surface area contributed by atoms with E-state index in [4.69, 9.17) is 5.11 Å². The van der Waals surface area contributed by atoms with Crippen molar-refractivity contribution in [1.82, 2.24) is 9.88 Å². The minimum absolute atomic E-state index is 0.0449. The third-order valence-electron chi connectivity index (χ3n) is 3.37. The molecule has 1 fully saturated rings. The lowest BCUT2D eigenvalue weighted by Gasteiger charge is -2.35. The first-order valence-electron chi connectivity index (χ1n) is 6.11. The lowest BCUT2D eigenvalue weighted by Crippen LogP contribution is -2.45. The third-order valence-corrected chi connectivity index (χ3v) is 3.37. The quantitative estimate of drug-likeness (QED) is 0.823. The summed E-state index contributed by atoms with van der Waals surface area (Å²) >= 11 is 0. The van der Waals surface area contributed by atoms with E-state index in [1.807, 2.05) is 0 Å². The maximum atomic E-state index is 12.3. The van der Waals surface area contributed by atoms with Crippen LogP contribution in [-0.4, -0.2) is 50.7 Å². The van der Waals surface area contributed by atoms with Gasteiger partial charge in [-0.05, 0) is 31.9 Å². The number of aliphatic hydroxyl groups is 1. The molecule has 0 atom stereocenters. The second-order valence-electron chi connectivity index (χ2n) is 4.99. The predicted molar refractivity (Wildman–Crippen MR) is 67.0 cm³/mol. The average Bonchev–Trinajstić information content (AvgIpc) is 2.38. The standard InChI is InChI=1S/C13H16N2O4/c1-13(19)4-7-15(8-5-13)11(16)10-9(12(17)18)3-2-6-14-10/h2-3,6,19H,4-5,7-8H2,1H3,(H,17,18). The zero-order valence-corrected chi connectivity index (χ0v) is 10.7. The Hall–Kier alpha value is -1.95. The highest BCUT2D eigenvalue weighted by atomic mass is 16.4. The highest BCUT2D eigenvalue weighted by molar-refractivity contribution is 6.03. The Bertz CT molecular complexity index is 503. The highest BCUT2D eigenvalue weighted by Gasteiger charge is 2.31. The minimum atomic E-state index is -1.17. The van der Waals surface area contributed by atoms with E-state index in [1.54, 1.807) is 6.92 Å². The van der Waals surface area contributed by atoms with Crippen LogP contribution in [0, 0.1) is 0 Å². The summed E-state index contributed by atoms with van der Waals surface area (Å²) in [6.07, 6.45) is 2.36. The van der Waals surface area contributed by atoms with Gasteiger partial charge in [0.1, 0.15) is 5.69 Å². The number of carboxylic acids is 1. The molecular weight excluding hydrogens is 248 g/mol. The first kappa shape index (κ1) is 13.5. The van der Waals surface area contributed by atoms with Crippen molar-refractivity contribution in [2.24, 2.45) is 0 Å². The van der Waals surface area contributed by atoms with Crippen LogP contribution in [0.5, 0.6) is 0 Å². The largest absolute Gasteiger partial charge is 0.478 e. The van der Waals surface area contributed by atoms with E-state index in [2.05, 4.69) is 4.98 Å². The Labute approximate surface area is 110 Å². The van der Waals surface area contributed by atoms with Gasteiger partial charge < -0.3 is 15.1 Å². The van der Waals surface area contributed by atoms with Gasteiger partial charge in [-0.3, -0.25) is 9.78 Å². The van der Waals surface area contributed by atoms with Crippen molar-refractivity contribution in [3.05, 3.63) is 29.6 Å². The van der Waals surface area contributed by atoms with Crippen LogP contribution in [0.2, 0.25) is 0 Å². The number of rotatable bonds is 2. The van der Waals surface area contributed by atoms with Gasteiger partial charge in [-0.25, -0.2) is 4.79 Å². The summed E-state index contributed by atoms with van der Waals surface area (Å²) < 4.78 is 0. The van der Waals surface area contributed by atoms with Crippen molar-refractivity contribution in [2.75, 3.05) is 13.1 Å². The summed E-state index contributed by atoms with van der Waals surface area (Å²) in [6.45, 7) is 2.54. The summed E-state index contributed by atoms with van der Waals surface area (Å²) in [5, 5.41) is 18.9. The molecule has 0 unspecified atom stereocenters. The molecule has 0 bridgehead atoms. The van der Waals surface area contributed by atoms with E-state index >= 15 is 0 Å². The minimum Gasteiger partial charge on any atom is -0.478 e. The van der Waals surface area contributed by atoms with Crippen LogP contribution in [0.1, 0.15) is 40.6 Å². The molecule has 2 N–H and O–H groups in total. The summed E-state index contributed by atoms with van der Waals surface area (Å²) in [7, 11) is 0. The summed E-state index contributed by atoms with van der Waals surface area (Å²) in [5.41, 5.74) is -0.891. The Morgan fingerprint density at radius 2 is 2.00 bits per heavy atom. The second kappa shape index (κ2) is 4.97. The Balaban J connectivity index is 2.19. The van der Waals surface area contributed by atoms with Gasteiger partial charge in [0.25, 0.3) is 5.91 Å². The first-order chi connectivity index (χ1) is 8.91. The number of hydrogen-bond donors (Lipinski definition) is 2. The molecule has 6 heteroatoms. The van der Waals surface area contributed by atoms with Gasteiger partial charge >= 0.3 is 5.97 Å². The monoisotopic (exact) mass is 264 g/mol. The van der Waals surface area contributed by atoms with Crippen molar-refractivity contribution < 1.29 is 19.8 Å². The van der Waals surface area contributed by atoms with E-state index in [-0.39, 0.29) is 11.3 Å². The van der Waals surface area contributed by atoms with E-state index in [0.717, 1.165) is 0 Å². The maximum Gasteiger partial charge on any atom is 0.338 e. The first-order valence-corrected chi connectivity index (χ1v) is 6.11. The molecule has 6 nitrogen and oxygen atoms in total. The number of aromatic nitrogens is 1. The van der Waals surface area contributed by atoms with Gasteiger partial charge in [-0.2, -0.15) is 0 Å². The number of amides is 1. The zero-order chi connectivity index (χ0) is 14.0. The Kier molecular flexibility index (Phi) is 3.53. The Morgan fingerprint density at radius 3 is 2.58 bits per heavy atom. The molecule has 0 aliphatic carbocycles. The van der Waals surface area contributed by atoms with E-state index < -0.39 is 17.5 Å². The lowest BCUT2D eigenvalue weighted by atomic mass is 9.93. The number of nitrogens with zero attached hydrogens (tertiary/aromatic N) is 2. The predicted octanol–water partition coefficient (Wildman–Crippen LogP) is 0.767. The van der Waals surface area contributed by atoms with Crippen molar-refractivity contribution in [3.63, 3.8) is 0 Å². The van der Waals surface area contributed by atoms with E-state index in [1.165, 1.54) is 23.2 Å². The molecule has 2 heterocycles. The molecule has 0 saturated carbocycles. The molecule has 1 aliphatic rings. The van der Waals surface area contributed by atoms with Gasteiger partial charge in [-0.15, -0.1) is 0 Å². The number of carbonyl (C=O) groups is 2. The van der Waals surface area contributed by atoms with E-state index in [9.17, 15) is 14.7 Å². The summed E-state index contributed by atoms with van der Waals surface area (Å²) in [6, 6.07) is 2.85. The average molecular weight is 264 g/mol. The van der Waals surface area contributed by atoms with Gasteiger partial charge in [0.2, 0.25) is 0 Å². The maximum absolute atomic E-state index is 12.3. The highest BCUT2D eigenvalue weighted by Crippen LogP contribution is 2.22. The summed E-state index contributed by atoms with van der Waals surface area (Å²) in [4.78, 5) is 28.7. The molecule has 1 amide bonds. The summed E-state index contributed by atoms with van der Waals surface area (Å²) in [5.74, 6) is -1.56. The fourth-order valence-corrected chi connectivity index (χ4v) is 2.09. The molecule has 1 saturated heterocycles. The number of pyridine rings is 1. The van der Waals surface area contributed by atoms with Gasteiger partial charge in [-0.1, -0.05) is 0 Å². The van der Waals surface area contributed by atoms with Crippen LogP contribution >= 0.6 is 0 Å². The van der Waals surface area contributed by atoms with Crippen LogP contribution in [-0.2, 0) is 0 Å². The topological polar surface area (TPSA) is 90.7 Å². The van der Waals surface area contributed by atoms with Gasteiger partial charge in [0, 0.05) is 19.3 Å². The molecule has 2 rings (SSSR count). The fraction of sp³-hybridized carbons (Fsp3) is 0.462. The van der Waals surface area contributed by atoms with Gasteiger partial charge in [0.15, 0.2) is 0 Å². The van der Waals surface area contributed by atoms with Crippen molar-refractivity contribution in [2.45, 2.75) is 25.4 Å². The second-order valence-corrected chi connectivity index (χ2v) is 4.99. The molecule has 1 aliphatic heterocycles. The number of carboxylic acid groups (broad SMARTS) is 1.